The lowest BCUT2D eigenvalue weighted by atomic mass is 9.70. The standard InChI is InChI=1S/C20H26ClN3/c1-15(2)7-8-19-23-12-9-18(24-19)20(10-13-22-14-11-20)16-5-3-4-6-17(16)21/h3-6,9,12,15,22H,7-8,10-11,13-14H2,1-2H3. The molecular weight excluding hydrogens is 318 g/mol. The van der Waals surface area contributed by atoms with E-state index < -0.39 is 0 Å². The lowest BCUT2D eigenvalue weighted by molar-refractivity contribution is 0.353. The smallest absolute Gasteiger partial charge is 0.128 e. The monoisotopic (exact) mass is 343 g/mol. The fourth-order valence-electron chi connectivity index (χ4n) is 3.57. The zero-order chi connectivity index (χ0) is 17.0. The predicted octanol–water partition coefficient (Wildman–Crippen LogP) is 4.39. The summed E-state index contributed by atoms with van der Waals surface area (Å²) in [6.07, 6.45) is 5.99. The Morgan fingerprint density at radius 3 is 2.62 bits per heavy atom. The van der Waals surface area contributed by atoms with E-state index in [0.29, 0.717) is 5.92 Å². The molecule has 0 spiro atoms. The Bertz CT molecular complexity index is 678. The largest absolute Gasteiger partial charge is 0.317 e. The molecule has 0 bridgehead atoms. The minimum absolute atomic E-state index is 0.112. The highest BCUT2D eigenvalue weighted by Crippen LogP contribution is 2.42. The molecule has 128 valence electrons. The zero-order valence-corrected chi connectivity index (χ0v) is 15.3. The molecule has 3 nitrogen and oxygen atoms in total. The van der Waals surface area contributed by atoms with Crippen molar-refractivity contribution in [2.45, 2.75) is 44.9 Å². The van der Waals surface area contributed by atoms with Crippen molar-refractivity contribution in [1.29, 1.82) is 0 Å². The van der Waals surface area contributed by atoms with Crippen molar-refractivity contribution in [2.75, 3.05) is 13.1 Å². The maximum Gasteiger partial charge on any atom is 0.128 e. The van der Waals surface area contributed by atoms with Crippen molar-refractivity contribution in [1.82, 2.24) is 15.3 Å². The summed E-state index contributed by atoms with van der Waals surface area (Å²) in [6, 6.07) is 10.3. The van der Waals surface area contributed by atoms with Crippen molar-refractivity contribution >= 4 is 11.6 Å². The molecule has 0 amide bonds. The Hall–Kier alpha value is -1.45. The normalized spacial score (nSPS) is 17.2. The maximum atomic E-state index is 6.58. The highest BCUT2D eigenvalue weighted by molar-refractivity contribution is 6.31. The fourth-order valence-corrected chi connectivity index (χ4v) is 3.89. The summed E-state index contributed by atoms with van der Waals surface area (Å²) in [5, 5.41) is 4.30. The van der Waals surface area contributed by atoms with Gasteiger partial charge in [-0.2, -0.15) is 0 Å². The van der Waals surface area contributed by atoms with E-state index in [9.17, 15) is 0 Å². The Kier molecular flexibility index (Phi) is 5.52. The highest BCUT2D eigenvalue weighted by Gasteiger charge is 2.38. The van der Waals surface area contributed by atoms with E-state index in [-0.39, 0.29) is 5.41 Å². The van der Waals surface area contributed by atoms with Crippen molar-refractivity contribution < 1.29 is 0 Å². The molecule has 3 rings (SSSR count). The van der Waals surface area contributed by atoms with Gasteiger partial charge in [0.05, 0.1) is 5.69 Å². The first kappa shape index (κ1) is 17.4. The molecule has 1 aromatic carbocycles. The topological polar surface area (TPSA) is 37.8 Å². The van der Waals surface area contributed by atoms with Crippen molar-refractivity contribution in [2.24, 2.45) is 5.92 Å². The first-order chi connectivity index (χ1) is 11.6. The van der Waals surface area contributed by atoms with E-state index in [1.807, 2.05) is 18.3 Å². The summed E-state index contributed by atoms with van der Waals surface area (Å²) in [5.41, 5.74) is 2.20. The van der Waals surface area contributed by atoms with Crippen LogP contribution < -0.4 is 5.32 Å². The van der Waals surface area contributed by atoms with E-state index in [1.165, 1.54) is 5.56 Å². The van der Waals surface area contributed by atoms with E-state index in [4.69, 9.17) is 16.6 Å². The number of benzene rings is 1. The van der Waals surface area contributed by atoms with Crippen molar-refractivity contribution in [3.05, 3.63) is 58.6 Å². The summed E-state index contributed by atoms with van der Waals surface area (Å²) in [5.74, 6) is 1.61. The summed E-state index contributed by atoms with van der Waals surface area (Å²) in [6.45, 7) is 6.44. The van der Waals surface area contributed by atoms with E-state index >= 15 is 0 Å². The molecule has 0 saturated carbocycles. The number of piperidine rings is 1. The van der Waals surface area contributed by atoms with E-state index in [2.05, 4.69) is 42.3 Å². The van der Waals surface area contributed by atoms with Gasteiger partial charge in [0.25, 0.3) is 0 Å². The molecule has 2 aromatic rings. The number of halogens is 1. The third-order valence-corrected chi connectivity index (χ3v) is 5.32. The van der Waals surface area contributed by atoms with Gasteiger partial charge >= 0.3 is 0 Å². The van der Waals surface area contributed by atoms with Crippen LogP contribution in [0.3, 0.4) is 0 Å². The first-order valence-corrected chi connectivity index (χ1v) is 9.28. The summed E-state index contributed by atoms with van der Waals surface area (Å²) in [4.78, 5) is 9.45. The quantitative estimate of drug-likeness (QED) is 0.875. The van der Waals surface area contributed by atoms with Crippen LogP contribution in [0.2, 0.25) is 5.02 Å². The van der Waals surface area contributed by atoms with Gasteiger partial charge in [-0.1, -0.05) is 43.6 Å². The second-order valence-electron chi connectivity index (χ2n) is 7.10. The summed E-state index contributed by atoms with van der Waals surface area (Å²) >= 11 is 6.58. The van der Waals surface area contributed by atoms with E-state index in [1.54, 1.807) is 0 Å². The Morgan fingerprint density at radius 1 is 1.17 bits per heavy atom. The average Bonchev–Trinajstić information content (AvgIpc) is 2.61. The molecule has 0 radical (unpaired) electrons. The number of nitrogens with one attached hydrogen (secondary N) is 1. The van der Waals surface area contributed by atoms with Gasteiger partial charge in [0, 0.05) is 23.1 Å². The molecule has 1 saturated heterocycles. The average molecular weight is 344 g/mol. The van der Waals surface area contributed by atoms with Gasteiger partial charge in [-0.25, -0.2) is 9.97 Å². The third-order valence-electron chi connectivity index (χ3n) is 4.99. The van der Waals surface area contributed by atoms with Crippen LogP contribution in [0.15, 0.2) is 36.5 Å². The van der Waals surface area contributed by atoms with Gasteiger partial charge in [-0.05, 0) is 56.0 Å². The first-order valence-electron chi connectivity index (χ1n) is 8.90. The van der Waals surface area contributed by atoms with Gasteiger partial charge in [-0.15, -0.1) is 0 Å². The lowest BCUT2D eigenvalue weighted by Gasteiger charge is -2.38. The van der Waals surface area contributed by atoms with Crippen LogP contribution >= 0.6 is 11.6 Å². The molecule has 24 heavy (non-hydrogen) atoms. The molecule has 1 aliphatic heterocycles. The second kappa shape index (κ2) is 7.62. The van der Waals surface area contributed by atoms with Crippen LogP contribution in [0, 0.1) is 5.92 Å². The second-order valence-corrected chi connectivity index (χ2v) is 7.51. The number of hydrogen-bond donors (Lipinski definition) is 1. The van der Waals surface area contributed by atoms with Gasteiger partial charge in [0.2, 0.25) is 0 Å². The molecule has 0 atom stereocenters. The molecule has 1 aromatic heterocycles. The lowest BCUT2D eigenvalue weighted by Crippen LogP contribution is -2.41. The number of rotatable bonds is 5. The predicted molar refractivity (Wildman–Crippen MR) is 99.5 cm³/mol. The molecule has 1 N–H and O–H groups in total. The van der Waals surface area contributed by atoms with Crippen LogP contribution in [-0.4, -0.2) is 23.1 Å². The molecule has 1 aliphatic rings. The summed E-state index contributed by atoms with van der Waals surface area (Å²) < 4.78 is 0. The van der Waals surface area contributed by atoms with Crippen LogP contribution in [0.4, 0.5) is 0 Å². The molecule has 2 heterocycles. The number of hydrogen-bond acceptors (Lipinski definition) is 3. The zero-order valence-electron chi connectivity index (χ0n) is 14.6. The summed E-state index contributed by atoms with van der Waals surface area (Å²) in [7, 11) is 0. The molecular formula is C20H26ClN3. The van der Waals surface area contributed by atoms with Crippen LogP contribution in [0.5, 0.6) is 0 Å². The van der Waals surface area contributed by atoms with Gasteiger partial charge in [-0.3, -0.25) is 0 Å². The highest BCUT2D eigenvalue weighted by atomic mass is 35.5. The number of aryl methyl sites for hydroxylation is 1. The Morgan fingerprint density at radius 2 is 1.92 bits per heavy atom. The van der Waals surface area contributed by atoms with E-state index in [0.717, 1.165) is 55.3 Å². The fraction of sp³-hybridized carbons (Fsp3) is 0.500. The van der Waals surface area contributed by atoms with Crippen LogP contribution in [0.25, 0.3) is 0 Å². The van der Waals surface area contributed by atoms with Crippen molar-refractivity contribution in [3.63, 3.8) is 0 Å². The van der Waals surface area contributed by atoms with Gasteiger partial charge in [0.15, 0.2) is 0 Å². The van der Waals surface area contributed by atoms with Crippen molar-refractivity contribution in [3.8, 4) is 0 Å². The SMILES string of the molecule is CC(C)CCc1nccc(C2(c3ccccc3Cl)CCNCC2)n1. The number of aromatic nitrogens is 2. The Labute approximate surface area is 149 Å². The molecule has 0 unspecified atom stereocenters. The van der Waals surface area contributed by atoms with Gasteiger partial charge < -0.3 is 5.32 Å². The third kappa shape index (κ3) is 3.62. The van der Waals surface area contributed by atoms with Gasteiger partial charge in [0.1, 0.15) is 5.82 Å². The molecule has 0 aliphatic carbocycles. The van der Waals surface area contributed by atoms with Crippen LogP contribution in [0.1, 0.15) is 50.2 Å². The minimum atomic E-state index is -0.112. The maximum absolute atomic E-state index is 6.58. The Balaban J connectivity index is 2.01. The van der Waals surface area contributed by atoms with Crippen LogP contribution in [-0.2, 0) is 11.8 Å². The number of nitrogens with zero attached hydrogens (tertiary/aromatic N) is 2. The minimum Gasteiger partial charge on any atom is -0.317 e. The molecule has 1 fully saturated rings. The molecule has 4 heteroatoms.